The van der Waals surface area contributed by atoms with Gasteiger partial charge in [-0.25, -0.2) is 4.98 Å². The van der Waals surface area contributed by atoms with E-state index < -0.39 is 0 Å². The van der Waals surface area contributed by atoms with Crippen LogP contribution < -0.4 is 4.74 Å². The van der Waals surface area contributed by atoms with Crippen LogP contribution >= 0.6 is 15.9 Å². The maximum absolute atomic E-state index is 5.83. The summed E-state index contributed by atoms with van der Waals surface area (Å²) >= 11 is 3.45. The van der Waals surface area contributed by atoms with Gasteiger partial charge in [-0.3, -0.25) is 0 Å². The highest BCUT2D eigenvalue weighted by Gasteiger charge is 2.18. The molecule has 2 rings (SSSR count). The van der Waals surface area contributed by atoms with Gasteiger partial charge >= 0.3 is 0 Å². The Morgan fingerprint density at radius 1 is 1.36 bits per heavy atom. The fourth-order valence-corrected chi connectivity index (χ4v) is 2.08. The van der Waals surface area contributed by atoms with Crippen LogP contribution in [-0.2, 0) is 0 Å². The van der Waals surface area contributed by atoms with E-state index in [1.54, 1.807) is 0 Å². The second-order valence-corrected chi connectivity index (χ2v) is 4.62. The van der Waals surface area contributed by atoms with Gasteiger partial charge in [0.05, 0.1) is 4.47 Å². The van der Waals surface area contributed by atoms with Crippen LogP contribution in [0.15, 0.2) is 16.6 Å². The first-order valence-corrected chi connectivity index (χ1v) is 5.85. The van der Waals surface area contributed by atoms with Crippen molar-refractivity contribution < 1.29 is 4.74 Å². The van der Waals surface area contributed by atoms with Crippen molar-refractivity contribution in [3.8, 4) is 5.88 Å². The monoisotopic (exact) mass is 255 g/mol. The van der Waals surface area contributed by atoms with Gasteiger partial charge < -0.3 is 4.74 Å². The number of aromatic nitrogens is 1. The van der Waals surface area contributed by atoms with Gasteiger partial charge in [-0.2, -0.15) is 0 Å². The number of hydrogen-bond donors (Lipinski definition) is 0. The smallest absolute Gasteiger partial charge is 0.228 e. The molecule has 0 amide bonds. The van der Waals surface area contributed by atoms with Crippen LogP contribution in [0.25, 0.3) is 0 Å². The van der Waals surface area contributed by atoms with Gasteiger partial charge in [-0.1, -0.05) is 0 Å². The van der Waals surface area contributed by atoms with Crippen molar-refractivity contribution in [2.24, 2.45) is 0 Å². The highest BCUT2D eigenvalue weighted by molar-refractivity contribution is 9.10. The fraction of sp³-hybridized carbons (Fsp3) is 0.545. The number of hydrogen-bond acceptors (Lipinski definition) is 2. The first-order valence-electron chi connectivity index (χ1n) is 5.05. The SMILES string of the molecule is Cc1ccc(Br)c(OC2CCCC2)n1. The molecule has 0 radical (unpaired) electrons. The van der Waals surface area contributed by atoms with E-state index in [1.807, 2.05) is 19.1 Å². The van der Waals surface area contributed by atoms with E-state index in [0.29, 0.717) is 6.10 Å². The number of halogens is 1. The molecule has 1 saturated carbocycles. The molecule has 0 aliphatic heterocycles. The highest BCUT2D eigenvalue weighted by Crippen LogP contribution is 2.28. The van der Waals surface area contributed by atoms with Gasteiger partial charge in [0.15, 0.2) is 0 Å². The Balaban J connectivity index is 2.10. The molecule has 3 heteroatoms. The van der Waals surface area contributed by atoms with Crippen LogP contribution in [0.2, 0.25) is 0 Å². The van der Waals surface area contributed by atoms with Crippen molar-refractivity contribution >= 4 is 15.9 Å². The van der Waals surface area contributed by atoms with Crippen molar-refractivity contribution in [2.75, 3.05) is 0 Å². The minimum atomic E-state index is 0.376. The summed E-state index contributed by atoms with van der Waals surface area (Å²) < 4.78 is 6.78. The van der Waals surface area contributed by atoms with Crippen molar-refractivity contribution in [2.45, 2.75) is 38.7 Å². The summed E-state index contributed by atoms with van der Waals surface area (Å²) in [5, 5.41) is 0. The van der Waals surface area contributed by atoms with Crippen molar-refractivity contribution in [1.29, 1.82) is 0 Å². The topological polar surface area (TPSA) is 22.1 Å². The summed E-state index contributed by atoms with van der Waals surface area (Å²) in [5.74, 6) is 0.747. The lowest BCUT2D eigenvalue weighted by Gasteiger charge is -2.13. The molecule has 1 aromatic rings. The lowest BCUT2D eigenvalue weighted by Crippen LogP contribution is -2.12. The second-order valence-electron chi connectivity index (χ2n) is 3.76. The van der Waals surface area contributed by atoms with Crippen LogP contribution in [0.4, 0.5) is 0 Å². The molecule has 1 aliphatic rings. The minimum absolute atomic E-state index is 0.376. The number of ether oxygens (including phenoxy) is 1. The number of aryl methyl sites for hydroxylation is 1. The Bertz CT molecular complexity index is 321. The van der Waals surface area contributed by atoms with Gasteiger partial charge in [0.1, 0.15) is 6.10 Å². The largest absolute Gasteiger partial charge is 0.474 e. The number of nitrogens with zero attached hydrogens (tertiary/aromatic N) is 1. The molecule has 0 spiro atoms. The van der Waals surface area contributed by atoms with E-state index in [-0.39, 0.29) is 0 Å². The predicted molar refractivity (Wildman–Crippen MR) is 59.6 cm³/mol. The molecule has 1 aromatic heterocycles. The number of rotatable bonds is 2. The summed E-state index contributed by atoms with van der Waals surface area (Å²) in [6.07, 6.45) is 5.28. The van der Waals surface area contributed by atoms with E-state index in [0.717, 1.165) is 16.0 Å². The van der Waals surface area contributed by atoms with E-state index in [2.05, 4.69) is 20.9 Å². The quantitative estimate of drug-likeness (QED) is 0.808. The van der Waals surface area contributed by atoms with Crippen molar-refractivity contribution in [3.05, 3.63) is 22.3 Å². The average Bonchev–Trinajstić information content (AvgIpc) is 2.64. The standard InChI is InChI=1S/C11H14BrNO/c1-8-6-7-10(12)11(13-8)14-9-4-2-3-5-9/h6-7,9H,2-5H2,1H3. The van der Waals surface area contributed by atoms with E-state index in [4.69, 9.17) is 4.74 Å². The Labute approximate surface area is 92.8 Å². The van der Waals surface area contributed by atoms with Crippen LogP contribution in [-0.4, -0.2) is 11.1 Å². The molecule has 1 fully saturated rings. The molecule has 1 aliphatic carbocycles. The molecule has 0 saturated heterocycles. The zero-order chi connectivity index (χ0) is 9.97. The molecule has 76 valence electrons. The van der Waals surface area contributed by atoms with E-state index in [9.17, 15) is 0 Å². The lowest BCUT2D eigenvalue weighted by molar-refractivity contribution is 0.199. The molecule has 0 bridgehead atoms. The first-order chi connectivity index (χ1) is 6.75. The zero-order valence-electron chi connectivity index (χ0n) is 8.29. The van der Waals surface area contributed by atoms with Crippen molar-refractivity contribution in [1.82, 2.24) is 4.98 Å². The summed E-state index contributed by atoms with van der Waals surface area (Å²) in [5.41, 5.74) is 1.00. The van der Waals surface area contributed by atoms with Gasteiger partial charge in [0.25, 0.3) is 0 Å². The summed E-state index contributed by atoms with van der Waals surface area (Å²) in [4.78, 5) is 4.37. The van der Waals surface area contributed by atoms with Gasteiger partial charge in [-0.05, 0) is 60.7 Å². The molecule has 1 heterocycles. The average molecular weight is 256 g/mol. The molecular weight excluding hydrogens is 242 g/mol. The molecular formula is C11H14BrNO. The van der Waals surface area contributed by atoms with Crippen LogP contribution in [0, 0.1) is 6.92 Å². The Kier molecular flexibility index (Phi) is 3.06. The molecule has 14 heavy (non-hydrogen) atoms. The lowest BCUT2D eigenvalue weighted by atomic mass is 10.3. The third-order valence-electron chi connectivity index (χ3n) is 2.53. The molecule has 0 atom stereocenters. The van der Waals surface area contributed by atoms with Gasteiger partial charge in [0.2, 0.25) is 5.88 Å². The molecule has 0 N–H and O–H groups in total. The van der Waals surface area contributed by atoms with E-state index in [1.165, 1.54) is 25.7 Å². The number of pyridine rings is 1. The third kappa shape index (κ3) is 2.27. The van der Waals surface area contributed by atoms with Gasteiger partial charge in [-0.15, -0.1) is 0 Å². The normalized spacial score (nSPS) is 17.3. The minimum Gasteiger partial charge on any atom is -0.474 e. The van der Waals surface area contributed by atoms with Crippen molar-refractivity contribution in [3.63, 3.8) is 0 Å². The fourth-order valence-electron chi connectivity index (χ4n) is 1.76. The molecule has 0 aromatic carbocycles. The third-order valence-corrected chi connectivity index (χ3v) is 3.14. The Hall–Kier alpha value is -0.570. The van der Waals surface area contributed by atoms with E-state index >= 15 is 0 Å². The summed E-state index contributed by atoms with van der Waals surface area (Å²) in [7, 11) is 0. The first kappa shape index (κ1) is 9.97. The Morgan fingerprint density at radius 3 is 2.79 bits per heavy atom. The van der Waals surface area contributed by atoms with Crippen LogP contribution in [0.3, 0.4) is 0 Å². The maximum atomic E-state index is 5.83. The highest BCUT2D eigenvalue weighted by atomic mass is 79.9. The van der Waals surface area contributed by atoms with Crippen LogP contribution in [0.5, 0.6) is 5.88 Å². The molecule has 2 nitrogen and oxygen atoms in total. The summed E-state index contributed by atoms with van der Waals surface area (Å²) in [6.45, 7) is 1.98. The predicted octanol–water partition coefficient (Wildman–Crippen LogP) is 3.47. The van der Waals surface area contributed by atoms with Crippen LogP contribution in [0.1, 0.15) is 31.4 Å². The summed E-state index contributed by atoms with van der Waals surface area (Å²) in [6, 6.07) is 3.97. The molecule has 0 unspecified atom stereocenters. The zero-order valence-corrected chi connectivity index (χ0v) is 9.88. The maximum Gasteiger partial charge on any atom is 0.228 e. The van der Waals surface area contributed by atoms with Gasteiger partial charge in [0, 0.05) is 5.69 Å². The second kappa shape index (κ2) is 4.30. The Morgan fingerprint density at radius 2 is 2.07 bits per heavy atom.